The van der Waals surface area contributed by atoms with Gasteiger partial charge < -0.3 is 4.74 Å². The SMILES string of the molecule is C[C@H](OC1=CC(=O)CC(C)(C)C1)C(=O)c1ccccc1. The number of carbonyl (C=O) groups excluding carboxylic acids is 2. The highest BCUT2D eigenvalue weighted by atomic mass is 16.5. The molecular formula is C17H20O3. The zero-order valence-electron chi connectivity index (χ0n) is 12.2. The summed E-state index contributed by atoms with van der Waals surface area (Å²) in [6.07, 6.45) is 2.16. The van der Waals surface area contributed by atoms with Gasteiger partial charge in [-0.25, -0.2) is 0 Å². The van der Waals surface area contributed by atoms with Crippen LogP contribution in [0.4, 0.5) is 0 Å². The van der Waals surface area contributed by atoms with Gasteiger partial charge in [0.25, 0.3) is 0 Å². The number of carbonyl (C=O) groups is 2. The summed E-state index contributed by atoms with van der Waals surface area (Å²) in [7, 11) is 0. The van der Waals surface area contributed by atoms with Crippen LogP contribution in [-0.4, -0.2) is 17.7 Å². The van der Waals surface area contributed by atoms with Crippen molar-refractivity contribution >= 4 is 11.6 Å². The molecule has 0 bridgehead atoms. The normalized spacial score (nSPS) is 19.1. The number of benzene rings is 1. The minimum Gasteiger partial charge on any atom is -0.487 e. The smallest absolute Gasteiger partial charge is 0.202 e. The van der Waals surface area contributed by atoms with E-state index in [-0.39, 0.29) is 17.0 Å². The highest BCUT2D eigenvalue weighted by molar-refractivity contribution is 5.99. The number of rotatable bonds is 4. The van der Waals surface area contributed by atoms with Crippen molar-refractivity contribution in [3.8, 4) is 0 Å². The van der Waals surface area contributed by atoms with E-state index in [0.717, 1.165) is 0 Å². The Labute approximate surface area is 119 Å². The summed E-state index contributed by atoms with van der Waals surface area (Å²) in [5.41, 5.74) is 0.526. The first-order valence-corrected chi connectivity index (χ1v) is 6.87. The summed E-state index contributed by atoms with van der Waals surface area (Å²) in [5.74, 6) is 0.612. The monoisotopic (exact) mass is 272 g/mol. The fraction of sp³-hybridized carbons (Fsp3) is 0.412. The first-order valence-electron chi connectivity index (χ1n) is 6.87. The minimum atomic E-state index is -0.578. The molecule has 3 heteroatoms. The molecule has 1 atom stereocenters. The van der Waals surface area contributed by atoms with Crippen LogP contribution in [-0.2, 0) is 9.53 Å². The van der Waals surface area contributed by atoms with Gasteiger partial charge in [0.2, 0.25) is 5.78 Å². The number of hydrogen-bond acceptors (Lipinski definition) is 3. The molecule has 0 unspecified atom stereocenters. The molecular weight excluding hydrogens is 252 g/mol. The van der Waals surface area contributed by atoms with Gasteiger partial charge in [-0.1, -0.05) is 44.2 Å². The van der Waals surface area contributed by atoms with Crippen molar-refractivity contribution in [1.29, 1.82) is 0 Å². The lowest BCUT2D eigenvalue weighted by molar-refractivity contribution is -0.117. The molecule has 0 heterocycles. The lowest BCUT2D eigenvalue weighted by Crippen LogP contribution is -2.27. The molecule has 1 aromatic carbocycles. The Bertz CT molecular complexity index is 541. The van der Waals surface area contributed by atoms with E-state index in [1.165, 1.54) is 6.08 Å². The highest BCUT2D eigenvalue weighted by Crippen LogP contribution is 2.34. The zero-order chi connectivity index (χ0) is 14.8. The van der Waals surface area contributed by atoms with Gasteiger partial charge in [0, 0.05) is 24.5 Å². The molecule has 0 fully saturated rings. The number of ketones is 2. The van der Waals surface area contributed by atoms with Crippen LogP contribution < -0.4 is 0 Å². The lowest BCUT2D eigenvalue weighted by Gasteiger charge is -2.29. The molecule has 0 amide bonds. The van der Waals surface area contributed by atoms with Crippen LogP contribution >= 0.6 is 0 Å². The predicted molar refractivity (Wildman–Crippen MR) is 77.4 cm³/mol. The second kappa shape index (κ2) is 5.61. The van der Waals surface area contributed by atoms with E-state index in [4.69, 9.17) is 4.74 Å². The Kier molecular flexibility index (Phi) is 4.07. The Morgan fingerprint density at radius 1 is 1.20 bits per heavy atom. The van der Waals surface area contributed by atoms with Crippen LogP contribution in [0.2, 0.25) is 0 Å². The first-order chi connectivity index (χ1) is 9.37. The Morgan fingerprint density at radius 2 is 1.85 bits per heavy atom. The molecule has 0 spiro atoms. The molecule has 1 aromatic rings. The summed E-state index contributed by atoms with van der Waals surface area (Å²) in [6.45, 7) is 5.79. The summed E-state index contributed by atoms with van der Waals surface area (Å²) >= 11 is 0. The van der Waals surface area contributed by atoms with Crippen molar-refractivity contribution in [2.75, 3.05) is 0 Å². The number of allylic oxidation sites excluding steroid dienone is 2. The van der Waals surface area contributed by atoms with E-state index in [1.54, 1.807) is 19.1 Å². The quantitative estimate of drug-likeness (QED) is 0.787. The van der Waals surface area contributed by atoms with E-state index < -0.39 is 6.10 Å². The second-order valence-corrected chi connectivity index (χ2v) is 6.09. The molecule has 1 aliphatic carbocycles. The maximum absolute atomic E-state index is 12.2. The molecule has 0 N–H and O–H groups in total. The number of hydrogen-bond donors (Lipinski definition) is 0. The third kappa shape index (κ3) is 3.56. The van der Waals surface area contributed by atoms with Gasteiger partial charge >= 0.3 is 0 Å². The second-order valence-electron chi connectivity index (χ2n) is 6.09. The van der Waals surface area contributed by atoms with Crippen molar-refractivity contribution in [2.24, 2.45) is 5.41 Å². The van der Waals surface area contributed by atoms with Gasteiger partial charge in [-0.15, -0.1) is 0 Å². The molecule has 1 aliphatic rings. The van der Waals surface area contributed by atoms with Gasteiger partial charge in [-0.2, -0.15) is 0 Å². The van der Waals surface area contributed by atoms with Crippen LogP contribution in [0, 0.1) is 5.41 Å². The average molecular weight is 272 g/mol. The zero-order valence-corrected chi connectivity index (χ0v) is 12.2. The molecule has 2 rings (SSSR count). The van der Waals surface area contributed by atoms with E-state index in [9.17, 15) is 9.59 Å². The summed E-state index contributed by atoms with van der Waals surface area (Å²) in [6, 6.07) is 9.06. The van der Waals surface area contributed by atoms with Crippen molar-refractivity contribution in [3.63, 3.8) is 0 Å². The lowest BCUT2D eigenvalue weighted by atomic mass is 9.79. The van der Waals surface area contributed by atoms with Gasteiger partial charge in [0.15, 0.2) is 11.9 Å². The maximum atomic E-state index is 12.2. The molecule has 3 nitrogen and oxygen atoms in total. The Hall–Kier alpha value is -1.90. The van der Waals surface area contributed by atoms with Crippen LogP contribution in [0.1, 0.15) is 44.0 Å². The van der Waals surface area contributed by atoms with Gasteiger partial charge in [0.05, 0.1) is 0 Å². The summed E-state index contributed by atoms with van der Waals surface area (Å²) < 4.78 is 5.70. The van der Waals surface area contributed by atoms with E-state index in [1.807, 2.05) is 32.0 Å². The van der Waals surface area contributed by atoms with Gasteiger partial charge in [0.1, 0.15) is 5.76 Å². The molecule has 106 valence electrons. The predicted octanol–water partition coefficient (Wildman–Crippen LogP) is 3.55. The van der Waals surface area contributed by atoms with Crippen LogP contribution in [0.5, 0.6) is 0 Å². The molecule has 0 aromatic heterocycles. The molecule has 20 heavy (non-hydrogen) atoms. The summed E-state index contributed by atoms with van der Waals surface area (Å²) in [5, 5.41) is 0. The third-order valence-electron chi connectivity index (χ3n) is 3.38. The molecule has 0 saturated carbocycles. The van der Waals surface area contributed by atoms with E-state index >= 15 is 0 Å². The highest BCUT2D eigenvalue weighted by Gasteiger charge is 2.30. The van der Waals surface area contributed by atoms with Crippen LogP contribution in [0.3, 0.4) is 0 Å². The first kappa shape index (κ1) is 14.5. The summed E-state index contributed by atoms with van der Waals surface area (Å²) in [4.78, 5) is 23.9. The molecule has 0 saturated heterocycles. The Morgan fingerprint density at radius 3 is 2.45 bits per heavy atom. The fourth-order valence-corrected chi connectivity index (χ4v) is 2.48. The van der Waals surface area contributed by atoms with Crippen molar-refractivity contribution < 1.29 is 14.3 Å². The van der Waals surface area contributed by atoms with E-state index in [0.29, 0.717) is 24.2 Å². The standard InChI is InChI=1S/C17H20O3/c1-12(16(19)13-7-5-4-6-8-13)20-15-9-14(18)10-17(2,3)11-15/h4-9,12H,10-11H2,1-3H3/t12-/m0/s1. The molecule has 0 radical (unpaired) electrons. The molecule has 0 aliphatic heterocycles. The van der Waals surface area contributed by atoms with Crippen molar-refractivity contribution in [2.45, 2.75) is 39.7 Å². The third-order valence-corrected chi connectivity index (χ3v) is 3.38. The Balaban J connectivity index is 2.07. The fourth-order valence-electron chi connectivity index (χ4n) is 2.48. The maximum Gasteiger partial charge on any atom is 0.202 e. The largest absolute Gasteiger partial charge is 0.487 e. The van der Waals surface area contributed by atoms with E-state index in [2.05, 4.69) is 0 Å². The number of Topliss-reactive ketones (excluding diaryl/α,β-unsaturated/α-hetero) is 1. The average Bonchev–Trinajstić information content (AvgIpc) is 2.36. The number of ether oxygens (including phenoxy) is 1. The van der Waals surface area contributed by atoms with Crippen molar-refractivity contribution in [1.82, 2.24) is 0 Å². The van der Waals surface area contributed by atoms with Crippen LogP contribution in [0.25, 0.3) is 0 Å². The topological polar surface area (TPSA) is 43.4 Å². The van der Waals surface area contributed by atoms with Gasteiger partial charge in [-0.05, 0) is 12.3 Å². The van der Waals surface area contributed by atoms with Crippen molar-refractivity contribution in [3.05, 3.63) is 47.7 Å². The minimum absolute atomic E-state index is 0.0654. The van der Waals surface area contributed by atoms with Crippen LogP contribution in [0.15, 0.2) is 42.2 Å². The van der Waals surface area contributed by atoms with Gasteiger partial charge in [-0.3, -0.25) is 9.59 Å².